The molecule has 0 spiro atoms. The van der Waals surface area contributed by atoms with Gasteiger partial charge in [-0.1, -0.05) is 42.2 Å². The lowest BCUT2D eigenvalue weighted by Crippen LogP contribution is -1.96. The number of nitro groups is 1. The quantitative estimate of drug-likeness (QED) is 0.394. The summed E-state index contributed by atoms with van der Waals surface area (Å²) in [5.41, 5.74) is 1.75. The molecular weight excluding hydrogens is 278 g/mol. The van der Waals surface area contributed by atoms with E-state index in [0.29, 0.717) is 12.8 Å². The molecule has 0 radical (unpaired) electrons. The van der Waals surface area contributed by atoms with E-state index in [2.05, 4.69) is 11.8 Å². The fraction of sp³-hybridized carbons (Fsp3) is 0.222. The third-order valence-corrected chi connectivity index (χ3v) is 3.27. The average Bonchev–Trinajstić information content (AvgIpc) is 2.55. The number of nitro benzene ring substituents is 1. The highest BCUT2D eigenvalue weighted by Crippen LogP contribution is 2.18. The third-order valence-electron chi connectivity index (χ3n) is 3.27. The van der Waals surface area contributed by atoms with E-state index in [1.807, 2.05) is 30.3 Å². The summed E-state index contributed by atoms with van der Waals surface area (Å²) < 4.78 is 0. The number of nitrogens with zero attached hydrogens (tertiary/aromatic N) is 1. The fourth-order valence-corrected chi connectivity index (χ4v) is 2.06. The van der Waals surface area contributed by atoms with Gasteiger partial charge in [-0.2, -0.15) is 0 Å². The molecule has 4 nitrogen and oxygen atoms in total. The summed E-state index contributed by atoms with van der Waals surface area (Å²) in [4.78, 5) is 10.1. The van der Waals surface area contributed by atoms with Crippen molar-refractivity contribution in [2.24, 2.45) is 0 Å². The van der Waals surface area contributed by atoms with Crippen LogP contribution in [0, 0.1) is 22.0 Å². The molecule has 1 N–H and O–H groups in total. The van der Waals surface area contributed by atoms with Crippen molar-refractivity contribution < 1.29 is 10.0 Å². The maximum absolute atomic E-state index is 10.5. The zero-order chi connectivity index (χ0) is 15.8. The van der Waals surface area contributed by atoms with E-state index in [1.165, 1.54) is 12.1 Å². The first-order valence-electron chi connectivity index (χ1n) is 7.13. The van der Waals surface area contributed by atoms with Crippen LogP contribution in [0.2, 0.25) is 0 Å². The van der Waals surface area contributed by atoms with Gasteiger partial charge in [-0.25, -0.2) is 0 Å². The van der Waals surface area contributed by atoms with Gasteiger partial charge in [-0.15, -0.1) is 0 Å². The second-order valence-corrected chi connectivity index (χ2v) is 4.92. The maximum atomic E-state index is 10.5. The first-order valence-corrected chi connectivity index (χ1v) is 7.13. The topological polar surface area (TPSA) is 63.4 Å². The molecule has 0 amide bonds. The van der Waals surface area contributed by atoms with Crippen molar-refractivity contribution in [3.05, 3.63) is 75.8 Å². The minimum absolute atomic E-state index is 0.0662. The Balaban J connectivity index is 1.78. The van der Waals surface area contributed by atoms with Gasteiger partial charge < -0.3 is 5.11 Å². The Labute approximate surface area is 129 Å². The van der Waals surface area contributed by atoms with E-state index in [1.54, 1.807) is 12.1 Å². The summed E-state index contributed by atoms with van der Waals surface area (Å²) in [7, 11) is 0. The second-order valence-electron chi connectivity index (χ2n) is 4.92. The van der Waals surface area contributed by atoms with Crippen LogP contribution >= 0.6 is 0 Å². The van der Waals surface area contributed by atoms with Crippen LogP contribution in [0.5, 0.6) is 0 Å². The Kier molecular flexibility index (Phi) is 5.70. The van der Waals surface area contributed by atoms with Crippen LogP contribution in [0.3, 0.4) is 0 Å². The van der Waals surface area contributed by atoms with Crippen LogP contribution in [0.25, 0.3) is 0 Å². The van der Waals surface area contributed by atoms with E-state index in [9.17, 15) is 15.2 Å². The van der Waals surface area contributed by atoms with Crippen molar-refractivity contribution in [2.45, 2.75) is 25.4 Å². The number of rotatable bonds is 5. The smallest absolute Gasteiger partial charge is 0.269 e. The largest absolute Gasteiger partial charge is 0.388 e. The number of hydrogen-bond donors (Lipinski definition) is 1. The molecule has 1 unspecified atom stereocenters. The fourth-order valence-electron chi connectivity index (χ4n) is 2.06. The molecule has 0 aromatic heterocycles. The predicted octanol–water partition coefficient (Wildman–Crippen LogP) is 3.85. The average molecular weight is 295 g/mol. The van der Waals surface area contributed by atoms with Gasteiger partial charge in [0, 0.05) is 24.1 Å². The third kappa shape index (κ3) is 4.72. The van der Waals surface area contributed by atoms with E-state index in [4.69, 9.17) is 0 Å². The molecule has 0 aliphatic heterocycles. The van der Waals surface area contributed by atoms with Crippen LogP contribution in [0.4, 0.5) is 5.69 Å². The van der Waals surface area contributed by atoms with E-state index in [-0.39, 0.29) is 5.69 Å². The first-order chi connectivity index (χ1) is 10.7. The van der Waals surface area contributed by atoms with Crippen molar-refractivity contribution in [1.29, 1.82) is 0 Å². The van der Waals surface area contributed by atoms with Gasteiger partial charge >= 0.3 is 0 Å². The summed E-state index contributed by atoms with van der Waals surface area (Å²) in [6, 6.07) is 15.7. The molecule has 0 heterocycles. The molecule has 0 aliphatic carbocycles. The highest BCUT2D eigenvalue weighted by Gasteiger charge is 2.05. The molecule has 1 atom stereocenters. The summed E-state index contributed by atoms with van der Waals surface area (Å²) in [5, 5.41) is 20.5. The van der Waals surface area contributed by atoms with E-state index < -0.39 is 11.0 Å². The van der Waals surface area contributed by atoms with Gasteiger partial charge in [-0.3, -0.25) is 10.1 Å². The van der Waals surface area contributed by atoms with Gasteiger partial charge in [0.25, 0.3) is 5.69 Å². The Morgan fingerprint density at radius 2 is 1.77 bits per heavy atom. The molecule has 4 heteroatoms. The van der Waals surface area contributed by atoms with Crippen LogP contribution in [0.1, 0.15) is 36.5 Å². The number of benzene rings is 2. The molecule has 2 rings (SSSR count). The van der Waals surface area contributed by atoms with E-state index >= 15 is 0 Å². The van der Waals surface area contributed by atoms with Crippen molar-refractivity contribution >= 4 is 5.69 Å². The molecule has 0 aliphatic rings. The number of aliphatic hydroxyl groups is 1. The molecule has 112 valence electrons. The lowest BCUT2D eigenvalue weighted by atomic mass is 10.0. The van der Waals surface area contributed by atoms with Gasteiger partial charge in [-0.05, 0) is 30.5 Å². The number of hydrogen-bond acceptors (Lipinski definition) is 3. The molecule has 0 bridgehead atoms. The second kappa shape index (κ2) is 7.96. The van der Waals surface area contributed by atoms with Crippen molar-refractivity contribution in [3.63, 3.8) is 0 Å². The molecule has 0 saturated heterocycles. The van der Waals surface area contributed by atoms with Crippen molar-refractivity contribution in [2.75, 3.05) is 0 Å². The van der Waals surface area contributed by atoms with Crippen molar-refractivity contribution in [3.8, 4) is 11.8 Å². The van der Waals surface area contributed by atoms with Gasteiger partial charge in [0.2, 0.25) is 0 Å². The summed E-state index contributed by atoms with van der Waals surface area (Å²) >= 11 is 0. The predicted molar refractivity (Wildman–Crippen MR) is 85.2 cm³/mol. The molecule has 22 heavy (non-hydrogen) atoms. The van der Waals surface area contributed by atoms with Crippen LogP contribution < -0.4 is 0 Å². The Hall–Kier alpha value is -2.64. The van der Waals surface area contributed by atoms with Gasteiger partial charge in [0.1, 0.15) is 0 Å². The molecule has 2 aromatic rings. The van der Waals surface area contributed by atoms with Crippen LogP contribution in [-0.4, -0.2) is 10.0 Å². The van der Waals surface area contributed by atoms with E-state index in [0.717, 1.165) is 17.5 Å². The highest BCUT2D eigenvalue weighted by molar-refractivity contribution is 5.40. The van der Waals surface area contributed by atoms with Gasteiger partial charge in [0.05, 0.1) is 11.0 Å². The molecule has 2 aromatic carbocycles. The summed E-state index contributed by atoms with van der Waals surface area (Å²) in [6.07, 6.45) is 1.69. The standard InChI is InChI=1S/C18H17NO3/c20-18(16-8-4-2-5-9-16)10-6-1-3-7-15-11-13-17(14-12-15)19(21)22/h2,4-5,8-9,11-14,18,20H,1,6,10H2. The summed E-state index contributed by atoms with van der Waals surface area (Å²) in [6.45, 7) is 0. The monoisotopic (exact) mass is 295 g/mol. The minimum Gasteiger partial charge on any atom is -0.388 e. The SMILES string of the molecule is O=[N+]([O-])c1ccc(C#CCCCC(O)c2ccccc2)cc1. The Bertz CT molecular complexity index is 669. The van der Waals surface area contributed by atoms with Crippen molar-refractivity contribution in [1.82, 2.24) is 0 Å². The maximum Gasteiger partial charge on any atom is 0.269 e. The zero-order valence-corrected chi connectivity index (χ0v) is 12.1. The van der Waals surface area contributed by atoms with Crippen LogP contribution in [-0.2, 0) is 0 Å². The van der Waals surface area contributed by atoms with Crippen LogP contribution in [0.15, 0.2) is 54.6 Å². The Morgan fingerprint density at radius 3 is 2.41 bits per heavy atom. The Morgan fingerprint density at radius 1 is 1.09 bits per heavy atom. The first kappa shape index (κ1) is 15.7. The van der Waals surface area contributed by atoms with Gasteiger partial charge in [0.15, 0.2) is 0 Å². The highest BCUT2D eigenvalue weighted by atomic mass is 16.6. The molecular formula is C18H17NO3. The number of aliphatic hydroxyl groups excluding tert-OH is 1. The molecule has 0 saturated carbocycles. The summed E-state index contributed by atoms with van der Waals surface area (Å²) in [5.74, 6) is 6.00. The minimum atomic E-state index is -0.456. The number of unbranched alkanes of at least 4 members (excludes halogenated alkanes) is 1. The lowest BCUT2D eigenvalue weighted by molar-refractivity contribution is -0.384. The zero-order valence-electron chi connectivity index (χ0n) is 12.1. The lowest BCUT2D eigenvalue weighted by Gasteiger charge is -2.09. The normalized spacial score (nSPS) is 11.3. The molecule has 0 fully saturated rings. The number of non-ortho nitro benzene ring substituents is 1.